The molecule has 0 amide bonds. The molecule has 0 spiro atoms. The van der Waals surface area contributed by atoms with Crippen LogP contribution in [0.2, 0.25) is 0 Å². The van der Waals surface area contributed by atoms with Crippen LogP contribution in [0.4, 0.5) is 0 Å². The normalized spacial score (nSPS) is 10.4. The lowest BCUT2D eigenvalue weighted by atomic mass is 10.1. The van der Waals surface area contributed by atoms with Crippen molar-refractivity contribution in [2.24, 2.45) is 0 Å². The van der Waals surface area contributed by atoms with E-state index in [0.717, 1.165) is 6.39 Å². The van der Waals surface area contributed by atoms with Gasteiger partial charge in [0, 0.05) is 12.7 Å². The monoisotopic (exact) mass is 263 g/mol. The van der Waals surface area contributed by atoms with Crippen LogP contribution in [0.3, 0.4) is 0 Å². The van der Waals surface area contributed by atoms with Crippen molar-refractivity contribution < 1.29 is 23.8 Å². The summed E-state index contributed by atoms with van der Waals surface area (Å²) in [6.07, 6.45) is 1.11. The summed E-state index contributed by atoms with van der Waals surface area (Å²) < 4.78 is 15.1. The van der Waals surface area contributed by atoms with E-state index in [1.54, 1.807) is 31.4 Å². The molecule has 6 heteroatoms. The van der Waals surface area contributed by atoms with Crippen LogP contribution in [-0.4, -0.2) is 36.4 Å². The maximum Gasteiger partial charge on any atom is 0.374 e. The number of hydrogen-bond acceptors (Lipinski definition) is 5. The van der Waals surface area contributed by atoms with Gasteiger partial charge in [0.15, 0.2) is 6.39 Å². The number of carboxylic acid groups (broad SMARTS) is 1. The molecular formula is C13H13NO5. The highest BCUT2D eigenvalue weighted by Crippen LogP contribution is 2.24. The van der Waals surface area contributed by atoms with Crippen LogP contribution in [0.5, 0.6) is 5.75 Å². The second-order valence-electron chi connectivity index (χ2n) is 3.70. The fraction of sp³-hybridized carbons (Fsp3) is 0.231. The van der Waals surface area contributed by atoms with Gasteiger partial charge in [0.25, 0.3) is 0 Å². The number of rotatable bonds is 6. The first-order valence-corrected chi connectivity index (χ1v) is 5.61. The third kappa shape index (κ3) is 3.11. The zero-order chi connectivity index (χ0) is 13.7. The number of aromatic carboxylic acids is 1. The minimum Gasteiger partial charge on any atom is -0.491 e. The van der Waals surface area contributed by atoms with E-state index in [2.05, 4.69) is 4.98 Å². The molecule has 0 atom stereocenters. The molecule has 0 unspecified atom stereocenters. The molecule has 1 aromatic heterocycles. The summed E-state index contributed by atoms with van der Waals surface area (Å²) >= 11 is 0. The summed E-state index contributed by atoms with van der Waals surface area (Å²) in [5, 5.41) is 8.94. The predicted molar refractivity (Wildman–Crippen MR) is 66.3 cm³/mol. The SMILES string of the molecule is COCCOc1ccc(-c2ncoc2C(=O)O)cc1. The molecule has 6 nitrogen and oxygen atoms in total. The van der Waals surface area contributed by atoms with Gasteiger partial charge in [-0.3, -0.25) is 0 Å². The zero-order valence-electron chi connectivity index (χ0n) is 10.3. The topological polar surface area (TPSA) is 81.8 Å². The van der Waals surface area contributed by atoms with Crippen LogP contribution in [0.15, 0.2) is 35.1 Å². The molecular weight excluding hydrogens is 250 g/mol. The standard InChI is InChI=1S/C13H13NO5/c1-17-6-7-18-10-4-2-9(3-5-10)11-12(13(15)16)19-8-14-11/h2-5,8H,6-7H2,1H3,(H,15,16). The summed E-state index contributed by atoms with van der Waals surface area (Å²) in [7, 11) is 1.60. The Hall–Kier alpha value is -2.34. The maximum atomic E-state index is 10.9. The molecule has 1 heterocycles. The van der Waals surface area contributed by atoms with E-state index >= 15 is 0 Å². The van der Waals surface area contributed by atoms with Gasteiger partial charge < -0.3 is 19.0 Å². The van der Waals surface area contributed by atoms with E-state index in [1.165, 1.54) is 0 Å². The highest BCUT2D eigenvalue weighted by atomic mass is 16.5. The molecule has 0 fully saturated rings. The number of ether oxygens (including phenoxy) is 2. The van der Waals surface area contributed by atoms with Crippen LogP contribution >= 0.6 is 0 Å². The summed E-state index contributed by atoms with van der Waals surface area (Å²) in [5.74, 6) is -0.637. The highest BCUT2D eigenvalue weighted by Gasteiger charge is 2.17. The molecule has 1 N–H and O–H groups in total. The molecule has 19 heavy (non-hydrogen) atoms. The Balaban J connectivity index is 2.13. The molecule has 0 aliphatic rings. The van der Waals surface area contributed by atoms with Gasteiger partial charge in [0.05, 0.1) is 6.61 Å². The zero-order valence-corrected chi connectivity index (χ0v) is 10.3. The van der Waals surface area contributed by atoms with Gasteiger partial charge in [-0.25, -0.2) is 9.78 Å². The van der Waals surface area contributed by atoms with Gasteiger partial charge in [0.1, 0.15) is 18.1 Å². The minimum atomic E-state index is -1.15. The van der Waals surface area contributed by atoms with E-state index in [-0.39, 0.29) is 5.76 Å². The summed E-state index contributed by atoms with van der Waals surface area (Å²) in [6.45, 7) is 0.967. The molecule has 2 aromatic rings. The average molecular weight is 263 g/mol. The Labute approximate surface area is 109 Å². The van der Waals surface area contributed by atoms with Gasteiger partial charge in [-0.05, 0) is 24.3 Å². The maximum absolute atomic E-state index is 10.9. The smallest absolute Gasteiger partial charge is 0.374 e. The second kappa shape index (κ2) is 6.01. The number of hydrogen-bond donors (Lipinski definition) is 1. The number of aromatic nitrogens is 1. The summed E-state index contributed by atoms with van der Waals surface area (Å²) in [5.41, 5.74) is 0.959. The fourth-order valence-corrected chi connectivity index (χ4v) is 1.56. The van der Waals surface area contributed by atoms with E-state index < -0.39 is 5.97 Å². The third-order valence-electron chi connectivity index (χ3n) is 2.45. The van der Waals surface area contributed by atoms with Crippen molar-refractivity contribution in [1.29, 1.82) is 0 Å². The Bertz CT molecular complexity index is 546. The van der Waals surface area contributed by atoms with Crippen LogP contribution < -0.4 is 4.74 Å². The quantitative estimate of drug-likeness (QED) is 0.803. The first-order chi connectivity index (χ1) is 9.22. The molecule has 1 aromatic carbocycles. The molecule has 0 saturated carbocycles. The number of methoxy groups -OCH3 is 1. The van der Waals surface area contributed by atoms with Gasteiger partial charge in [0.2, 0.25) is 5.76 Å². The Kier molecular flexibility index (Phi) is 4.15. The average Bonchev–Trinajstić information content (AvgIpc) is 2.89. The number of carboxylic acids is 1. The first kappa shape index (κ1) is 13.1. The van der Waals surface area contributed by atoms with Crippen molar-refractivity contribution in [3.63, 3.8) is 0 Å². The number of oxazole rings is 1. The van der Waals surface area contributed by atoms with Crippen LogP contribution in [0.25, 0.3) is 11.3 Å². The molecule has 0 bridgehead atoms. The molecule has 0 aliphatic heterocycles. The van der Waals surface area contributed by atoms with E-state index in [4.69, 9.17) is 19.0 Å². The van der Waals surface area contributed by atoms with Crippen molar-refractivity contribution in [2.45, 2.75) is 0 Å². The van der Waals surface area contributed by atoms with Crippen LogP contribution in [-0.2, 0) is 4.74 Å². The first-order valence-electron chi connectivity index (χ1n) is 5.61. The summed E-state index contributed by atoms with van der Waals surface area (Å²) in [6, 6.07) is 6.94. The van der Waals surface area contributed by atoms with Crippen molar-refractivity contribution in [3.8, 4) is 17.0 Å². The highest BCUT2D eigenvalue weighted by molar-refractivity contribution is 5.91. The minimum absolute atomic E-state index is 0.173. The van der Waals surface area contributed by atoms with Crippen LogP contribution in [0.1, 0.15) is 10.6 Å². The van der Waals surface area contributed by atoms with Gasteiger partial charge >= 0.3 is 5.97 Å². The number of benzene rings is 1. The largest absolute Gasteiger partial charge is 0.491 e. The molecule has 0 saturated heterocycles. The second-order valence-corrected chi connectivity index (χ2v) is 3.70. The predicted octanol–water partition coefficient (Wildman–Crippen LogP) is 2.07. The lowest BCUT2D eigenvalue weighted by Crippen LogP contribution is -2.04. The number of carbonyl (C=O) groups is 1. The molecule has 100 valence electrons. The van der Waals surface area contributed by atoms with E-state index in [0.29, 0.717) is 30.2 Å². The van der Waals surface area contributed by atoms with E-state index in [1.807, 2.05) is 0 Å². The molecule has 2 rings (SSSR count). The van der Waals surface area contributed by atoms with Crippen molar-refractivity contribution in [1.82, 2.24) is 4.98 Å². The lowest BCUT2D eigenvalue weighted by molar-refractivity contribution is 0.0663. The van der Waals surface area contributed by atoms with Crippen molar-refractivity contribution in [2.75, 3.05) is 20.3 Å². The Morgan fingerprint density at radius 3 is 2.68 bits per heavy atom. The van der Waals surface area contributed by atoms with Crippen LogP contribution in [0, 0.1) is 0 Å². The van der Waals surface area contributed by atoms with Gasteiger partial charge in [-0.2, -0.15) is 0 Å². The Morgan fingerprint density at radius 1 is 1.32 bits per heavy atom. The van der Waals surface area contributed by atoms with E-state index in [9.17, 15) is 4.79 Å². The summed E-state index contributed by atoms with van der Waals surface area (Å²) in [4.78, 5) is 14.8. The fourth-order valence-electron chi connectivity index (χ4n) is 1.56. The van der Waals surface area contributed by atoms with Crippen molar-refractivity contribution >= 4 is 5.97 Å². The van der Waals surface area contributed by atoms with Crippen molar-refractivity contribution in [3.05, 3.63) is 36.4 Å². The Morgan fingerprint density at radius 2 is 2.05 bits per heavy atom. The van der Waals surface area contributed by atoms with Gasteiger partial charge in [-0.1, -0.05) is 0 Å². The van der Waals surface area contributed by atoms with Gasteiger partial charge in [-0.15, -0.1) is 0 Å². The third-order valence-corrected chi connectivity index (χ3v) is 2.45. The lowest BCUT2D eigenvalue weighted by Gasteiger charge is -2.05. The molecule has 0 radical (unpaired) electrons. The molecule has 0 aliphatic carbocycles. The number of nitrogens with zero attached hydrogens (tertiary/aromatic N) is 1.